The minimum atomic E-state index is -0.400. The molecule has 0 saturated carbocycles. The maximum Gasteiger partial charge on any atom is 0.319 e. The fraction of sp³-hybridized carbons (Fsp3) is 0.0667. The molecule has 0 radical (unpaired) electrons. The molecule has 0 aromatic heterocycles. The first-order chi connectivity index (χ1) is 9.69. The van der Waals surface area contributed by atoms with Crippen LogP contribution < -0.4 is 10.6 Å². The fourth-order valence-electron chi connectivity index (χ4n) is 1.68. The zero-order valence-corrected chi connectivity index (χ0v) is 10.6. The van der Waals surface area contributed by atoms with Crippen LogP contribution in [0.15, 0.2) is 48.5 Å². The smallest absolute Gasteiger partial charge is 0.319 e. The summed E-state index contributed by atoms with van der Waals surface area (Å²) in [4.78, 5) is 11.7. The molecule has 3 N–H and O–H groups in total. The molecule has 0 aliphatic rings. The lowest BCUT2D eigenvalue weighted by Crippen LogP contribution is -2.28. The Balaban J connectivity index is 1.93. The molecule has 0 bridgehead atoms. The van der Waals surface area contributed by atoms with E-state index < -0.39 is 6.03 Å². The highest BCUT2D eigenvalue weighted by Gasteiger charge is 2.04. The third kappa shape index (κ3) is 3.50. The van der Waals surface area contributed by atoms with Crippen molar-refractivity contribution in [1.29, 1.82) is 5.26 Å². The number of hydrogen-bond donors (Lipinski definition) is 3. The van der Waals surface area contributed by atoms with Gasteiger partial charge in [-0.2, -0.15) is 5.26 Å². The van der Waals surface area contributed by atoms with Gasteiger partial charge in [-0.05, 0) is 24.3 Å². The van der Waals surface area contributed by atoms with Crippen molar-refractivity contribution >= 4 is 11.7 Å². The zero-order chi connectivity index (χ0) is 14.4. The van der Waals surface area contributed by atoms with Gasteiger partial charge < -0.3 is 15.7 Å². The number of nitrogens with one attached hydrogen (secondary N) is 2. The number of benzene rings is 2. The molecule has 0 spiro atoms. The number of hydrogen-bond acceptors (Lipinski definition) is 3. The van der Waals surface area contributed by atoms with E-state index in [1.807, 2.05) is 6.07 Å². The maximum atomic E-state index is 11.7. The highest BCUT2D eigenvalue weighted by atomic mass is 16.3. The van der Waals surface area contributed by atoms with Gasteiger partial charge in [0, 0.05) is 17.8 Å². The first-order valence-electron chi connectivity index (χ1n) is 6.01. The molecule has 0 aliphatic heterocycles. The predicted octanol–water partition coefficient (Wildman–Crippen LogP) is 2.59. The number of rotatable bonds is 3. The lowest BCUT2D eigenvalue weighted by atomic mass is 10.2. The van der Waals surface area contributed by atoms with Crippen molar-refractivity contribution in [3.63, 3.8) is 0 Å². The van der Waals surface area contributed by atoms with Crippen LogP contribution in [-0.2, 0) is 6.54 Å². The van der Waals surface area contributed by atoms with Crippen molar-refractivity contribution in [1.82, 2.24) is 5.32 Å². The minimum Gasteiger partial charge on any atom is -0.508 e. The molecular formula is C15H13N3O2. The summed E-state index contributed by atoms with van der Waals surface area (Å²) in [7, 11) is 0. The first kappa shape index (κ1) is 13.4. The van der Waals surface area contributed by atoms with Gasteiger partial charge in [-0.25, -0.2) is 4.79 Å². The average Bonchev–Trinajstić information content (AvgIpc) is 2.46. The Morgan fingerprint density at radius 3 is 2.75 bits per heavy atom. The van der Waals surface area contributed by atoms with Gasteiger partial charge >= 0.3 is 6.03 Å². The Bertz CT molecular complexity index is 662. The topological polar surface area (TPSA) is 85.2 Å². The first-order valence-corrected chi connectivity index (χ1v) is 6.01. The van der Waals surface area contributed by atoms with Crippen molar-refractivity contribution in [2.24, 2.45) is 0 Å². The van der Waals surface area contributed by atoms with Gasteiger partial charge in [-0.3, -0.25) is 0 Å². The Morgan fingerprint density at radius 2 is 2.00 bits per heavy atom. The standard InChI is InChI=1S/C15H13N3O2/c16-9-11-4-3-6-13(8-11)18-15(20)17-10-12-5-1-2-7-14(12)19/h1-8,19H,10H2,(H2,17,18,20). The Labute approximate surface area is 116 Å². The second-order valence-corrected chi connectivity index (χ2v) is 4.13. The Kier molecular flexibility index (Phi) is 4.20. The number of amides is 2. The molecule has 0 aliphatic carbocycles. The molecule has 2 amide bonds. The molecule has 0 fully saturated rings. The summed E-state index contributed by atoms with van der Waals surface area (Å²) in [5.74, 6) is 0.138. The zero-order valence-electron chi connectivity index (χ0n) is 10.6. The van der Waals surface area contributed by atoms with E-state index in [0.29, 0.717) is 16.8 Å². The lowest BCUT2D eigenvalue weighted by Gasteiger charge is -2.08. The average molecular weight is 267 g/mol. The van der Waals surface area contributed by atoms with Crippen LogP contribution in [0.3, 0.4) is 0 Å². The number of anilines is 1. The number of nitriles is 1. The van der Waals surface area contributed by atoms with Crippen LogP contribution in [0.5, 0.6) is 5.75 Å². The van der Waals surface area contributed by atoms with E-state index in [-0.39, 0.29) is 12.3 Å². The third-order valence-electron chi connectivity index (χ3n) is 2.68. The summed E-state index contributed by atoms with van der Waals surface area (Å²) in [6.07, 6.45) is 0. The fourth-order valence-corrected chi connectivity index (χ4v) is 1.68. The van der Waals surface area contributed by atoms with Crippen LogP contribution in [0.25, 0.3) is 0 Å². The van der Waals surface area contributed by atoms with Gasteiger partial charge in [0.1, 0.15) is 5.75 Å². The van der Waals surface area contributed by atoms with Crippen molar-refractivity contribution in [2.75, 3.05) is 5.32 Å². The molecule has 5 heteroatoms. The maximum absolute atomic E-state index is 11.7. The van der Waals surface area contributed by atoms with Crippen LogP contribution in [0.4, 0.5) is 10.5 Å². The quantitative estimate of drug-likeness (QED) is 0.799. The number of phenolic OH excluding ortho intramolecular Hbond substituents is 1. The second kappa shape index (κ2) is 6.25. The SMILES string of the molecule is N#Cc1cccc(NC(=O)NCc2ccccc2O)c1. The van der Waals surface area contributed by atoms with Gasteiger partial charge in [0.15, 0.2) is 0 Å². The van der Waals surface area contributed by atoms with Crippen LogP contribution in [0.1, 0.15) is 11.1 Å². The normalized spacial score (nSPS) is 9.55. The second-order valence-electron chi connectivity index (χ2n) is 4.13. The van der Waals surface area contributed by atoms with Crippen molar-refractivity contribution in [3.05, 3.63) is 59.7 Å². The van der Waals surface area contributed by atoms with E-state index in [9.17, 15) is 9.90 Å². The van der Waals surface area contributed by atoms with Gasteiger partial charge in [0.2, 0.25) is 0 Å². The third-order valence-corrected chi connectivity index (χ3v) is 2.68. The minimum absolute atomic E-state index is 0.138. The predicted molar refractivity (Wildman–Crippen MR) is 75.1 cm³/mol. The Hall–Kier alpha value is -3.00. The summed E-state index contributed by atoms with van der Waals surface area (Å²) >= 11 is 0. The summed E-state index contributed by atoms with van der Waals surface area (Å²) < 4.78 is 0. The molecule has 0 unspecified atom stereocenters. The van der Waals surface area contributed by atoms with E-state index in [4.69, 9.17) is 5.26 Å². The van der Waals surface area contributed by atoms with E-state index >= 15 is 0 Å². The molecule has 0 saturated heterocycles. The lowest BCUT2D eigenvalue weighted by molar-refractivity contribution is 0.251. The summed E-state index contributed by atoms with van der Waals surface area (Å²) in [5.41, 5.74) is 1.65. The monoisotopic (exact) mass is 267 g/mol. The molecule has 0 heterocycles. The summed E-state index contributed by atoms with van der Waals surface area (Å²) in [5, 5.41) is 23.6. The van der Waals surface area contributed by atoms with E-state index in [0.717, 1.165) is 0 Å². The van der Waals surface area contributed by atoms with E-state index in [2.05, 4.69) is 10.6 Å². The molecule has 5 nitrogen and oxygen atoms in total. The number of nitrogens with zero attached hydrogens (tertiary/aromatic N) is 1. The van der Waals surface area contributed by atoms with Gasteiger partial charge in [-0.15, -0.1) is 0 Å². The van der Waals surface area contributed by atoms with E-state index in [1.54, 1.807) is 48.5 Å². The Morgan fingerprint density at radius 1 is 1.20 bits per heavy atom. The highest BCUT2D eigenvalue weighted by molar-refractivity contribution is 5.89. The highest BCUT2D eigenvalue weighted by Crippen LogP contribution is 2.15. The molecule has 2 aromatic carbocycles. The van der Waals surface area contributed by atoms with Crippen LogP contribution in [0, 0.1) is 11.3 Å². The molecule has 2 aromatic rings. The van der Waals surface area contributed by atoms with Gasteiger partial charge in [0.05, 0.1) is 11.6 Å². The number of urea groups is 1. The largest absolute Gasteiger partial charge is 0.508 e. The van der Waals surface area contributed by atoms with Crippen LogP contribution in [-0.4, -0.2) is 11.1 Å². The summed E-state index contributed by atoms with van der Waals surface area (Å²) in [6.45, 7) is 0.219. The number of aromatic hydroxyl groups is 1. The molecule has 0 atom stereocenters. The van der Waals surface area contributed by atoms with Gasteiger partial charge in [0.25, 0.3) is 0 Å². The number of carbonyl (C=O) groups is 1. The van der Waals surface area contributed by atoms with Crippen LogP contribution >= 0.6 is 0 Å². The van der Waals surface area contributed by atoms with Crippen molar-refractivity contribution < 1.29 is 9.90 Å². The van der Waals surface area contributed by atoms with E-state index in [1.165, 1.54) is 0 Å². The molecule has 2 rings (SSSR count). The number of phenols is 1. The molecule has 20 heavy (non-hydrogen) atoms. The van der Waals surface area contributed by atoms with Crippen LogP contribution in [0.2, 0.25) is 0 Å². The summed E-state index contributed by atoms with van der Waals surface area (Å²) in [6, 6.07) is 15.0. The molecule has 100 valence electrons. The number of carbonyl (C=O) groups excluding carboxylic acids is 1. The molecular weight excluding hydrogens is 254 g/mol. The van der Waals surface area contributed by atoms with Crippen molar-refractivity contribution in [2.45, 2.75) is 6.54 Å². The number of para-hydroxylation sites is 1. The van der Waals surface area contributed by atoms with Crippen molar-refractivity contribution in [3.8, 4) is 11.8 Å². The van der Waals surface area contributed by atoms with Gasteiger partial charge in [-0.1, -0.05) is 24.3 Å².